The fourth-order valence-electron chi connectivity index (χ4n) is 2.51. The van der Waals surface area contributed by atoms with Gasteiger partial charge in [0.15, 0.2) is 0 Å². The number of rotatable bonds is 5. The van der Waals surface area contributed by atoms with Gasteiger partial charge in [0.25, 0.3) is 0 Å². The van der Waals surface area contributed by atoms with Crippen LogP contribution in [0.2, 0.25) is 0 Å². The molecule has 0 saturated carbocycles. The van der Waals surface area contributed by atoms with Crippen molar-refractivity contribution in [3.05, 3.63) is 11.9 Å². The van der Waals surface area contributed by atoms with E-state index in [0.717, 1.165) is 31.7 Å². The normalized spacial score (nSPS) is 26.3. The van der Waals surface area contributed by atoms with Crippen LogP contribution in [-0.2, 0) is 18.2 Å². The second-order valence-corrected chi connectivity index (χ2v) is 4.85. The van der Waals surface area contributed by atoms with E-state index in [1.54, 1.807) is 4.68 Å². The molecule has 1 N–H and O–H groups in total. The van der Waals surface area contributed by atoms with Gasteiger partial charge in [0.1, 0.15) is 0 Å². The Morgan fingerprint density at radius 3 is 3.00 bits per heavy atom. The van der Waals surface area contributed by atoms with E-state index in [2.05, 4.69) is 29.5 Å². The molecule has 0 amide bonds. The molecule has 0 bridgehead atoms. The summed E-state index contributed by atoms with van der Waals surface area (Å²) in [7, 11) is 1.90. The molecule has 5 nitrogen and oxygen atoms in total. The number of aromatic nitrogens is 3. The molecule has 1 saturated heterocycles. The van der Waals surface area contributed by atoms with Crippen LogP contribution >= 0.6 is 0 Å². The summed E-state index contributed by atoms with van der Waals surface area (Å²) in [5.74, 6) is 0.621. The molecule has 96 valence electrons. The number of likely N-dealkylation sites (N-methyl/N-ethyl adjacent to an activating group) is 1. The van der Waals surface area contributed by atoms with E-state index in [0.29, 0.717) is 18.1 Å². The molecular weight excluding hydrogens is 216 g/mol. The summed E-state index contributed by atoms with van der Waals surface area (Å²) in [6.07, 6.45) is 4.32. The van der Waals surface area contributed by atoms with Crippen molar-refractivity contribution >= 4 is 0 Å². The van der Waals surface area contributed by atoms with Gasteiger partial charge in [0.05, 0.1) is 11.8 Å². The lowest BCUT2D eigenvalue weighted by molar-refractivity contribution is 0.0612. The zero-order chi connectivity index (χ0) is 12.3. The largest absolute Gasteiger partial charge is 0.376 e. The highest BCUT2D eigenvalue weighted by Gasteiger charge is 2.32. The molecule has 5 heteroatoms. The average Bonchev–Trinajstić information content (AvgIpc) is 2.87. The van der Waals surface area contributed by atoms with Gasteiger partial charge in [0.2, 0.25) is 0 Å². The van der Waals surface area contributed by atoms with Crippen molar-refractivity contribution in [2.75, 3.05) is 13.2 Å². The second kappa shape index (κ2) is 5.60. The summed E-state index contributed by atoms with van der Waals surface area (Å²) < 4.78 is 7.59. The predicted octanol–water partition coefficient (Wildman–Crippen LogP) is 0.761. The fourth-order valence-corrected chi connectivity index (χ4v) is 2.51. The molecule has 17 heavy (non-hydrogen) atoms. The van der Waals surface area contributed by atoms with E-state index >= 15 is 0 Å². The minimum Gasteiger partial charge on any atom is -0.376 e. The van der Waals surface area contributed by atoms with Crippen LogP contribution < -0.4 is 5.32 Å². The Labute approximate surface area is 103 Å². The van der Waals surface area contributed by atoms with Crippen LogP contribution in [0, 0.1) is 5.92 Å². The third kappa shape index (κ3) is 3.04. The summed E-state index contributed by atoms with van der Waals surface area (Å²) in [6.45, 7) is 6.23. The minimum absolute atomic E-state index is 0.303. The fraction of sp³-hybridized carbons (Fsp3) is 0.833. The molecule has 2 rings (SSSR count). The molecule has 1 aromatic rings. The quantitative estimate of drug-likeness (QED) is 0.823. The molecule has 0 radical (unpaired) electrons. The number of hydrogen-bond donors (Lipinski definition) is 1. The zero-order valence-electron chi connectivity index (χ0n) is 10.9. The van der Waals surface area contributed by atoms with Crippen LogP contribution in [-0.4, -0.2) is 40.3 Å². The van der Waals surface area contributed by atoms with E-state index in [-0.39, 0.29) is 0 Å². The molecule has 3 atom stereocenters. The SMILES string of the molecule is CCNC(Cc1cn(C)nn1)C1OCCC1C. The molecule has 3 unspecified atom stereocenters. The monoisotopic (exact) mass is 238 g/mol. The number of nitrogens with zero attached hydrogens (tertiary/aromatic N) is 3. The smallest absolute Gasteiger partial charge is 0.0843 e. The first-order valence-electron chi connectivity index (χ1n) is 6.41. The van der Waals surface area contributed by atoms with Gasteiger partial charge < -0.3 is 10.1 Å². The van der Waals surface area contributed by atoms with Gasteiger partial charge in [-0.1, -0.05) is 19.1 Å². The Kier molecular flexibility index (Phi) is 4.12. The summed E-state index contributed by atoms with van der Waals surface area (Å²) in [6, 6.07) is 0.342. The number of ether oxygens (including phenoxy) is 1. The molecule has 1 fully saturated rings. The Bertz CT molecular complexity index is 352. The lowest BCUT2D eigenvalue weighted by Gasteiger charge is -2.26. The lowest BCUT2D eigenvalue weighted by atomic mass is 9.94. The van der Waals surface area contributed by atoms with Gasteiger partial charge in [-0.05, 0) is 18.9 Å². The molecule has 1 aliphatic rings. The number of nitrogens with one attached hydrogen (secondary N) is 1. The Morgan fingerprint density at radius 1 is 1.65 bits per heavy atom. The predicted molar refractivity (Wildman–Crippen MR) is 65.7 cm³/mol. The van der Waals surface area contributed by atoms with Crippen LogP contribution in [0.3, 0.4) is 0 Å². The summed E-state index contributed by atoms with van der Waals surface area (Å²) in [5, 5.41) is 11.6. The second-order valence-electron chi connectivity index (χ2n) is 4.85. The van der Waals surface area contributed by atoms with E-state index in [1.165, 1.54) is 0 Å². The summed E-state index contributed by atoms with van der Waals surface area (Å²) >= 11 is 0. The van der Waals surface area contributed by atoms with Crippen LogP contribution in [0.5, 0.6) is 0 Å². The highest BCUT2D eigenvalue weighted by Crippen LogP contribution is 2.24. The zero-order valence-corrected chi connectivity index (χ0v) is 10.9. The maximum Gasteiger partial charge on any atom is 0.0843 e. The van der Waals surface area contributed by atoms with Crippen LogP contribution in [0.25, 0.3) is 0 Å². The van der Waals surface area contributed by atoms with Gasteiger partial charge in [-0.2, -0.15) is 0 Å². The van der Waals surface area contributed by atoms with Crippen LogP contribution in [0.1, 0.15) is 26.0 Å². The van der Waals surface area contributed by atoms with Crippen LogP contribution in [0.15, 0.2) is 6.20 Å². The average molecular weight is 238 g/mol. The first kappa shape index (κ1) is 12.5. The molecule has 0 aliphatic carbocycles. The summed E-state index contributed by atoms with van der Waals surface area (Å²) in [4.78, 5) is 0. The van der Waals surface area contributed by atoms with Crippen LogP contribution in [0.4, 0.5) is 0 Å². The topological polar surface area (TPSA) is 52.0 Å². The van der Waals surface area contributed by atoms with E-state index in [9.17, 15) is 0 Å². The van der Waals surface area contributed by atoms with Gasteiger partial charge >= 0.3 is 0 Å². The first-order chi connectivity index (χ1) is 8.20. The van der Waals surface area contributed by atoms with E-state index in [4.69, 9.17) is 4.74 Å². The maximum absolute atomic E-state index is 5.84. The van der Waals surface area contributed by atoms with Crippen molar-refractivity contribution in [1.82, 2.24) is 20.3 Å². The highest BCUT2D eigenvalue weighted by atomic mass is 16.5. The van der Waals surface area contributed by atoms with Gasteiger partial charge in [0, 0.05) is 32.3 Å². The van der Waals surface area contributed by atoms with Crippen molar-refractivity contribution in [1.29, 1.82) is 0 Å². The third-order valence-corrected chi connectivity index (χ3v) is 3.39. The van der Waals surface area contributed by atoms with Crippen molar-refractivity contribution in [2.24, 2.45) is 13.0 Å². The van der Waals surface area contributed by atoms with E-state index < -0.39 is 0 Å². The van der Waals surface area contributed by atoms with Gasteiger partial charge in [-0.3, -0.25) is 4.68 Å². The molecule has 1 aromatic heterocycles. The van der Waals surface area contributed by atoms with Crippen molar-refractivity contribution < 1.29 is 4.74 Å². The Hall–Kier alpha value is -0.940. The molecule has 0 aromatic carbocycles. The molecule has 0 spiro atoms. The Morgan fingerprint density at radius 2 is 2.47 bits per heavy atom. The first-order valence-corrected chi connectivity index (χ1v) is 6.41. The molecule has 2 heterocycles. The van der Waals surface area contributed by atoms with E-state index in [1.807, 2.05) is 13.2 Å². The van der Waals surface area contributed by atoms with Crippen molar-refractivity contribution in [3.8, 4) is 0 Å². The van der Waals surface area contributed by atoms with Crippen molar-refractivity contribution in [3.63, 3.8) is 0 Å². The van der Waals surface area contributed by atoms with Crippen molar-refractivity contribution in [2.45, 2.75) is 38.8 Å². The Balaban J connectivity index is 2.01. The minimum atomic E-state index is 0.303. The van der Waals surface area contributed by atoms with Gasteiger partial charge in [-0.25, -0.2) is 0 Å². The maximum atomic E-state index is 5.84. The highest BCUT2D eigenvalue weighted by molar-refractivity contribution is 4.99. The number of aryl methyl sites for hydroxylation is 1. The van der Waals surface area contributed by atoms with Gasteiger partial charge in [-0.15, -0.1) is 5.10 Å². The standard InChI is InChI=1S/C12H22N4O/c1-4-13-11(12-9(2)5-6-17-12)7-10-8-16(3)15-14-10/h8-9,11-13H,4-7H2,1-3H3. The lowest BCUT2D eigenvalue weighted by Crippen LogP contribution is -2.43. The molecular formula is C12H22N4O. The molecule has 1 aliphatic heterocycles. The third-order valence-electron chi connectivity index (χ3n) is 3.39. The summed E-state index contributed by atoms with van der Waals surface area (Å²) in [5.41, 5.74) is 1.03. The number of hydrogen-bond acceptors (Lipinski definition) is 4.